The average Bonchev–Trinajstić information content (AvgIpc) is 2.67. The largest absolute Gasteiger partial charge is 0.494 e. The Morgan fingerprint density at radius 3 is 2.94 bits per heavy atom. The molecule has 1 heterocycles. The molecule has 3 N–H and O–H groups in total. The van der Waals surface area contributed by atoms with E-state index in [4.69, 9.17) is 22.1 Å². The van der Waals surface area contributed by atoms with Crippen molar-refractivity contribution < 1.29 is 9.53 Å². The van der Waals surface area contributed by atoms with Crippen LogP contribution in [0.5, 0.6) is 5.75 Å². The quantitative estimate of drug-likeness (QED) is 0.805. The molecule has 8 heteroatoms. The fraction of sp³-hybridized carbons (Fsp3) is 0.200. The predicted octanol–water partition coefficient (Wildman–Crippen LogP) is 1.20. The summed E-state index contributed by atoms with van der Waals surface area (Å²) in [5.74, 6) is 0.152. The van der Waals surface area contributed by atoms with Gasteiger partial charge in [-0.1, -0.05) is 11.6 Å². The average molecular weight is 268 g/mol. The lowest BCUT2D eigenvalue weighted by atomic mass is 10.3. The minimum Gasteiger partial charge on any atom is -0.494 e. The molecular weight excluding hydrogens is 258 g/mol. The van der Waals surface area contributed by atoms with Gasteiger partial charge in [0.25, 0.3) is 5.91 Å². The number of nitrogens with two attached hydrogens (primary N) is 1. The summed E-state index contributed by atoms with van der Waals surface area (Å²) < 4.78 is 5.09. The first-order valence-electron chi connectivity index (χ1n) is 4.99. The first kappa shape index (κ1) is 12.3. The zero-order chi connectivity index (χ0) is 13.1. The maximum atomic E-state index is 11.3. The van der Waals surface area contributed by atoms with Crippen molar-refractivity contribution in [3.05, 3.63) is 23.2 Å². The number of hydrogen-bond acceptors (Lipinski definition) is 6. The second kappa shape index (κ2) is 5.01. The van der Waals surface area contributed by atoms with Crippen LogP contribution < -0.4 is 15.9 Å². The van der Waals surface area contributed by atoms with Gasteiger partial charge in [-0.3, -0.25) is 4.79 Å². The van der Waals surface area contributed by atoms with Gasteiger partial charge in [0.15, 0.2) is 5.84 Å². The van der Waals surface area contributed by atoms with Crippen LogP contribution in [0.25, 0.3) is 0 Å². The first-order chi connectivity index (χ1) is 8.61. The van der Waals surface area contributed by atoms with Crippen LogP contribution in [-0.4, -0.2) is 24.9 Å². The fourth-order valence-corrected chi connectivity index (χ4v) is 1.52. The molecule has 0 saturated heterocycles. The number of nitrogens with zero attached hydrogens (tertiary/aromatic N) is 3. The molecule has 0 fully saturated rings. The standard InChI is InChI=1S/C10H10ClN5O2/c1-18-7-3-2-5(11)4-6(7)13-14-8-9(12)15-16-10(8)17/h2-4,8H,1H3,(H2,12,15)(H,16,17). The fourth-order valence-electron chi connectivity index (χ4n) is 1.35. The lowest BCUT2D eigenvalue weighted by Gasteiger charge is -2.04. The van der Waals surface area contributed by atoms with Crippen molar-refractivity contribution in [2.75, 3.05) is 7.11 Å². The Morgan fingerprint density at radius 1 is 1.56 bits per heavy atom. The first-order valence-corrected chi connectivity index (χ1v) is 5.37. The predicted molar refractivity (Wildman–Crippen MR) is 66.1 cm³/mol. The normalized spacial score (nSPS) is 18.9. The van der Waals surface area contributed by atoms with Gasteiger partial charge in [0, 0.05) is 5.02 Å². The van der Waals surface area contributed by atoms with Gasteiger partial charge in [-0.2, -0.15) is 15.3 Å². The molecule has 1 unspecified atom stereocenters. The molecule has 94 valence electrons. The molecule has 1 aromatic rings. The minimum absolute atomic E-state index is 0.0738. The van der Waals surface area contributed by atoms with Crippen molar-refractivity contribution >= 4 is 29.0 Å². The van der Waals surface area contributed by atoms with Gasteiger partial charge < -0.3 is 10.5 Å². The van der Waals surface area contributed by atoms with Crippen LogP contribution in [0.1, 0.15) is 0 Å². The van der Waals surface area contributed by atoms with Crippen molar-refractivity contribution in [1.29, 1.82) is 0 Å². The van der Waals surface area contributed by atoms with Gasteiger partial charge in [-0.25, -0.2) is 5.43 Å². The number of amides is 1. The Hall–Kier alpha value is -2.15. The Morgan fingerprint density at radius 2 is 2.33 bits per heavy atom. The van der Waals surface area contributed by atoms with E-state index in [0.29, 0.717) is 16.5 Å². The summed E-state index contributed by atoms with van der Waals surface area (Å²) in [5, 5.41) is 11.8. The van der Waals surface area contributed by atoms with Gasteiger partial charge in [0.2, 0.25) is 6.04 Å². The van der Waals surface area contributed by atoms with Crippen molar-refractivity contribution in [1.82, 2.24) is 5.43 Å². The number of hydrazone groups is 1. The zero-order valence-corrected chi connectivity index (χ0v) is 10.2. The second-order valence-electron chi connectivity index (χ2n) is 3.45. The lowest BCUT2D eigenvalue weighted by Crippen LogP contribution is -2.31. The molecule has 0 bridgehead atoms. The summed E-state index contributed by atoms with van der Waals surface area (Å²) in [6.45, 7) is 0. The van der Waals surface area contributed by atoms with Crippen LogP contribution in [0, 0.1) is 0 Å². The zero-order valence-electron chi connectivity index (χ0n) is 9.42. The Kier molecular flexibility index (Phi) is 3.42. The Bertz CT molecular complexity index is 543. The summed E-state index contributed by atoms with van der Waals surface area (Å²) in [6, 6.07) is 3.98. The highest BCUT2D eigenvalue weighted by molar-refractivity contribution is 6.30. The van der Waals surface area contributed by atoms with E-state index < -0.39 is 11.9 Å². The van der Waals surface area contributed by atoms with E-state index in [-0.39, 0.29) is 5.84 Å². The third-order valence-electron chi connectivity index (χ3n) is 2.25. The molecular formula is C10H10ClN5O2. The van der Waals surface area contributed by atoms with Gasteiger partial charge in [-0.15, -0.1) is 0 Å². The lowest BCUT2D eigenvalue weighted by molar-refractivity contribution is -0.120. The van der Waals surface area contributed by atoms with Crippen molar-refractivity contribution in [2.45, 2.75) is 6.04 Å². The highest BCUT2D eigenvalue weighted by Crippen LogP contribution is 2.30. The van der Waals surface area contributed by atoms with E-state index in [1.165, 1.54) is 7.11 Å². The molecule has 7 nitrogen and oxygen atoms in total. The molecule has 0 aliphatic carbocycles. The molecule has 1 aliphatic heterocycles. The van der Waals surface area contributed by atoms with Crippen molar-refractivity contribution in [3.63, 3.8) is 0 Å². The van der Waals surface area contributed by atoms with E-state index in [1.807, 2.05) is 0 Å². The number of azo groups is 1. The Balaban J connectivity index is 2.26. The monoisotopic (exact) mass is 267 g/mol. The van der Waals surface area contributed by atoms with Gasteiger partial charge in [0.1, 0.15) is 11.4 Å². The number of ether oxygens (including phenoxy) is 1. The van der Waals surface area contributed by atoms with Crippen molar-refractivity contribution in [3.8, 4) is 5.75 Å². The third kappa shape index (κ3) is 2.40. The number of carbonyl (C=O) groups excluding carboxylic acids is 1. The van der Waals surface area contributed by atoms with Gasteiger partial charge in [-0.05, 0) is 18.2 Å². The number of nitrogens with one attached hydrogen (secondary N) is 1. The van der Waals surface area contributed by atoms with Crippen molar-refractivity contribution in [2.24, 2.45) is 21.1 Å². The number of rotatable bonds is 3. The molecule has 0 radical (unpaired) electrons. The van der Waals surface area contributed by atoms with Crippen LogP contribution >= 0.6 is 11.6 Å². The van der Waals surface area contributed by atoms with Crippen LogP contribution in [0.2, 0.25) is 5.02 Å². The molecule has 0 aromatic heterocycles. The van der Waals surface area contributed by atoms with E-state index in [9.17, 15) is 4.79 Å². The van der Waals surface area contributed by atoms with Crippen LogP contribution in [0.4, 0.5) is 5.69 Å². The smallest absolute Gasteiger partial charge is 0.274 e. The number of benzene rings is 1. The van der Waals surface area contributed by atoms with Gasteiger partial charge >= 0.3 is 0 Å². The molecule has 0 saturated carbocycles. The van der Waals surface area contributed by atoms with Gasteiger partial charge in [0.05, 0.1) is 7.11 Å². The summed E-state index contributed by atoms with van der Waals surface area (Å²) in [7, 11) is 1.50. The molecule has 0 spiro atoms. The molecule has 1 atom stereocenters. The molecule has 1 aliphatic rings. The number of methoxy groups -OCH3 is 1. The topological polar surface area (TPSA) is 101 Å². The minimum atomic E-state index is -0.909. The number of carbonyl (C=O) groups is 1. The third-order valence-corrected chi connectivity index (χ3v) is 2.48. The van der Waals surface area contributed by atoms with Crippen LogP contribution in [-0.2, 0) is 4.79 Å². The van der Waals surface area contributed by atoms with E-state index in [2.05, 4.69) is 20.8 Å². The van der Waals surface area contributed by atoms with E-state index in [1.54, 1.807) is 18.2 Å². The summed E-state index contributed by atoms with van der Waals surface area (Å²) >= 11 is 5.84. The second-order valence-corrected chi connectivity index (χ2v) is 3.88. The summed E-state index contributed by atoms with van der Waals surface area (Å²) in [6.07, 6.45) is 0. The maximum absolute atomic E-state index is 11.3. The van der Waals surface area contributed by atoms with Crippen LogP contribution in [0.15, 0.2) is 33.5 Å². The SMILES string of the molecule is COc1ccc(Cl)cc1N=NC1C(=O)NN=C1N. The highest BCUT2D eigenvalue weighted by atomic mass is 35.5. The maximum Gasteiger partial charge on any atom is 0.274 e. The molecule has 18 heavy (non-hydrogen) atoms. The van der Waals surface area contributed by atoms with E-state index in [0.717, 1.165) is 0 Å². The highest BCUT2D eigenvalue weighted by Gasteiger charge is 2.27. The summed E-state index contributed by atoms with van der Waals surface area (Å²) in [5.41, 5.74) is 8.11. The number of amidine groups is 1. The molecule has 1 amide bonds. The number of halogens is 1. The molecule has 2 rings (SSSR count). The van der Waals surface area contributed by atoms with Crippen LogP contribution in [0.3, 0.4) is 0 Å². The molecule has 1 aromatic carbocycles. The summed E-state index contributed by atoms with van der Waals surface area (Å²) in [4.78, 5) is 11.3. The van der Waals surface area contributed by atoms with E-state index >= 15 is 0 Å². The Labute approximate surface area is 108 Å². The number of hydrogen-bond donors (Lipinski definition) is 2.